The van der Waals surface area contributed by atoms with Crippen LogP contribution in [-0.2, 0) is 4.79 Å². The van der Waals surface area contributed by atoms with Crippen molar-refractivity contribution in [2.75, 3.05) is 33.2 Å². The maximum atomic E-state index is 11.7. The fraction of sp³-hybridized carbons (Fsp3) is 0.750. The molecular formula is C12H24ClN3O. The average Bonchev–Trinajstić information content (AvgIpc) is 2.74. The molecule has 1 aliphatic heterocycles. The predicted octanol–water partition coefficient (Wildman–Crippen LogP) is 0.640. The first kappa shape index (κ1) is 16.4. The summed E-state index contributed by atoms with van der Waals surface area (Å²) < 4.78 is 0. The van der Waals surface area contributed by atoms with E-state index in [1.165, 1.54) is 6.42 Å². The number of rotatable bonds is 6. The summed E-state index contributed by atoms with van der Waals surface area (Å²) >= 11 is 0. The minimum Gasteiger partial charge on any atom is -0.351 e. The molecule has 100 valence electrons. The third kappa shape index (κ3) is 5.06. The van der Waals surface area contributed by atoms with E-state index in [4.69, 9.17) is 0 Å². The molecule has 1 saturated heterocycles. The minimum absolute atomic E-state index is 0. The van der Waals surface area contributed by atoms with E-state index in [0.717, 1.165) is 19.6 Å². The molecule has 4 nitrogen and oxygen atoms in total. The Labute approximate surface area is 110 Å². The SMILES string of the molecule is C=CCNC(=O)C(C)N1CCC(CNC)C1.Cl. The van der Waals surface area contributed by atoms with Crippen LogP contribution < -0.4 is 10.6 Å². The summed E-state index contributed by atoms with van der Waals surface area (Å²) in [6.45, 7) is 9.19. The first-order chi connectivity index (χ1) is 7.69. The molecular weight excluding hydrogens is 238 g/mol. The van der Waals surface area contributed by atoms with Gasteiger partial charge in [-0.15, -0.1) is 19.0 Å². The number of amides is 1. The first-order valence-electron chi connectivity index (χ1n) is 5.96. The van der Waals surface area contributed by atoms with E-state index in [0.29, 0.717) is 12.5 Å². The average molecular weight is 262 g/mol. The number of likely N-dealkylation sites (tertiary alicyclic amines) is 1. The zero-order valence-electron chi connectivity index (χ0n) is 10.7. The molecule has 0 radical (unpaired) electrons. The third-order valence-electron chi connectivity index (χ3n) is 3.16. The summed E-state index contributed by atoms with van der Waals surface area (Å²) in [5.41, 5.74) is 0. The minimum atomic E-state index is -0.0261. The summed E-state index contributed by atoms with van der Waals surface area (Å²) in [7, 11) is 1.98. The highest BCUT2D eigenvalue weighted by Crippen LogP contribution is 2.17. The van der Waals surface area contributed by atoms with Crippen molar-refractivity contribution >= 4 is 18.3 Å². The van der Waals surface area contributed by atoms with Crippen LogP contribution in [0.15, 0.2) is 12.7 Å². The molecule has 5 heteroatoms. The van der Waals surface area contributed by atoms with Gasteiger partial charge < -0.3 is 10.6 Å². The van der Waals surface area contributed by atoms with Crippen molar-refractivity contribution in [2.24, 2.45) is 5.92 Å². The maximum absolute atomic E-state index is 11.7. The molecule has 0 aliphatic carbocycles. The van der Waals surface area contributed by atoms with Gasteiger partial charge in [-0.25, -0.2) is 0 Å². The molecule has 17 heavy (non-hydrogen) atoms. The second-order valence-corrected chi connectivity index (χ2v) is 4.42. The number of nitrogens with zero attached hydrogens (tertiary/aromatic N) is 1. The van der Waals surface area contributed by atoms with Crippen LogP contribution in [-0.4, -0.2) is 50.1 Å². The van der Waals surface area contributed by atoms with Crippen LogP contribution >= 0.6 is 12.4 Å². The number of carbonyl (C=O) groups is 1. The van der Waals surface area contributed by atoms with Crippen LogP contribution in [0.1, 0.15) is 13.3 Å². The smallest absolute Gasteiger partial charge is 0.237 e. The molecule has 2 N–H and O–H groups in total. The van der Waals surface area contributed by atoms with Crippen LogP contribution in [0.5, 0.6) is 0 Å². The van der Waals surface area contributed by atoms with Crippen molar-refractivity contribution in [3.63, 3.8) is 0 Å². The highest BCUT2D eigenvalue weighted by Gasteiger charge is 2.28. The van der Waals surface area contributed by atoms with E-state index in [2.05, 4.69) is 22.1 Å². The van der Waals surface area contributed by atoms with E-state index >= 15 is 0 Å². The molecule has 0 aromatic heterocycles. The van der Waals surface area contributed by atoms with E-state index in [1.54, 1.807) is 6.08 Å². The molecule has 1 fully saturated rings. The molecule has 0 aromatic rings. The highest BCUT2D eigenvalue weighted by atomic mass is 35.5. The number of hydrogen-bond donors (Lipinski definition) is 2. The van der Waals surface area contributed by atoms with Gasteiger partial charge in [-0.3, -0.25) is 9.69 Å². The van der Waals surface area contributed by atoms with Crippen LogP contribution in [0.3, 0.4) is 0 Å². The summed E-state index contributed by atoms with van der Waals surface area (Å²) in [4.78, 5) is 14.0. The fourth-order valence-corrected chi connectivity index (χ4v) is 2.16. The fourth-order valence-electron chi connectivity index (χ4n) is 2.16. The lowest BCUT2D eigenvalue weighted by atomic mass is 10.1. The van der Waals surface area contributed by atoms with Crippen molar-refractivity contribution < 1.29 is 4.79 Å². The number of nitrogens with one attached hydrogen (secondary N) is 2. The largest absolute Gasteiger partial charge is 0.351 e. The molecule has 2 unspecified atom stereocenters. The Morgan fingerprint density at radius 2 is 2.35 bits per heavy atom. The number of carbonyl (C=O) groups excluding carboxylic acids is 1. The Hall–Kier alpha value is -0.580. The van der Waals surface area contributed by atoms with Crippen molar-refractivity contribution in [3.8, 4) is 0 Å². The molecule has 1 heterocycles. The normalized spacial score (nSPS) is 21.6. The van der Waals surface area contributed by atoms with Crippen LogP contribution in [0.2, 0.25) is 0 Å². The topological polar surface area (TPSA) is 44.4 Å². The molecule has 1 amide bonds. The van der Waals surface area contributed by atoms with E-state index in [9.17, 15) is 4.79 Å². The van der Waals surface area contributed by atoms with Crippen molar-refractivity contribution in [1.82, 2.24) is 15.5 Å². The van der Waals surface area contributed by atoms with E-state index in [-0.39, 0.29) is 24.4 Å². The summed E-state index contributed by atoms with van der Waals surface area (Å²) in [6, 6.07) is -0.0261. The van der Waals surface area contributed by atoms with Gasteiger partial charge in [0.15, 0.2) is 0 Å². The second kappa shape index (κ2) is 8.50. The summed E-state index contributed by atoms with van der Waals surface area (Å²) in [5.74, 6) is 0.782. The second-order valence-electron chi connectivity index (χ2n) is 4.42. The molecule has 0 spiro atoms. The molecule has 1 rings (SSSR count). The van der Waals surface area contributed by atoms with Gasteiger partial charge in [-0.05, 0) is 39.4 Å². The Bertz CT molecular complexity index is 248. The van der Waals surface area contributed by atoms with Gasteiger partial charge in [-0.2, -0.15) is 0 Å². The van der Waals surface area contributed by atoms with Gasteiger partial charge in [0, 0.05) is 13.1 Å². The number of hydrogen-bond acceptors (Lipinski definition) is 3. The Balaban J connectivity index is 0.00000256. The van der Waals surface area contributed by atoms with Gasteiger partial charge in [-0.1, -0.05) is 6.08 Å². The van der Waals surface area contributed by atoms with Gasteiger partial charge in [0.1, 0.15) is 0 Å². The highest BCUT2D eigenvalue weighted by molar-refractivity contribution is 5.85. The standard InChI is InChI=1S/C12H23N3O.ClH/c1-4-6-14-12(16)10(2)15-7-5-11(9-15)8-13-3;/h4,10-11,13H,1,5-9H2,2-3H3,(H,14,16);1H. The van der Waals surface area contributed by atoms with Crippen molar-refractivity contribution in [2.45, 2.75) is 19.4 Å². The summed E-state index contributed by atoms with van der Waals surface area (Å²) in [6.07, 6.45) is 2.89. The lowest BCUT2D eigenvalue weighted by Gasteiger charge is -2.23. The molecule has 0 bridgehead atoms. The van der Waals surface area contributed by atoms with Gasteiger partial charge in [0.2, 0.25) is 5.91 Å². The lowest BCUT2D eigenvalue weighted by molar-refractivity contribution is -0.125. The van der Waals surface area contributed by atoms with E-state index in [1.807, 2.05) is 14.0 Å². The van der Waals surface area contributed by atoms with Gasteiger partial charge in [0.25, 0.3) is 0 Å². The van der Waals surface area contributed by atoms with Crippen molar-refractivity contribution in [1.29, 1.82) is 0 Å². The Morgan fingerprint density at radius 3 is 2.94 bits per heavy atom. The first-order valence-corrected chi connectivity index (χ1v) is 5.96. The monoisotopic (exact) mass is 261 g/mol. The van der Waals surface area contributed by atoms with Crippen LogP contribution in [0, 0.1) is 5.92 Å². The molecule has 0 aromatic carbocycles. The van der Waals surface area contributed by atoms with Crippen LogP contribution in [0.25, 0.3) is 0 Å². The van der Waals surface area contributed by atoms with Gasteiger partial charge in [0.05, 0.1) is 6.04 Å². The molecule has 0 saturated carbocycles. The number of halogens is 1. The zero-order valence-corrected chi connectivity index (χ0v) is 11.6. The van der Waals surface area contributed by atoms with Crippen LogP contribution in [0.4, 0.5) is 0 Å². The van der Waals surface area contributed by atoms with E-state index < -0.39 is 0 Å². The van der Waals surface area contributed by atoms with Gasteiger partial charge >= 0.3 is 0 Å². The maximum Gasteiger partial charge on any atom is 0.237 e. The Kier molecular flexibility index (Phi) is 8.21. The lowest BCUT2D eigenvalue weighted by Crippen LogP contribution is -2.44. The predicted molar refractivity (Wildman–Crippen MR) is 73.5 cm³/mol. The summed E-state index contributed by atoms with van der Waals surface area (Å²) in [5, 5.41) is 6.03. The molecule has 2 atom stereocenters. The van der Waals surface area contributed by atoms with Crippen molar-refractivity contribution in [3.05, 3.63) is 12.7 Å². The zero-order chi connectivity index (χ0) is 12.0. The third-order valence-corrected chi connectivity index (χ3v) is 3.16. The quantitative estimate of drug-likeness (QED) is 0.690. The molecule has 1 aliphatic rings. The Morgan fingerprint density at radius 1 is 1.65 bits per heavy atom.